The maximum Gasteiger partial charge on any atom is 0.191 e. The number of hydrogen-bond acceptors (Lipinski definition) is 4. The van der Waals surface area contributed by atoms with Gasteiger partial charge in [-0.3, -0.25) is 9.89 Å². The van der Waals surface area contributed by atoms with E-state index in [0.29, 0.717) is 6.61 Å². The van der Waals surface area contributed by atoms with Gasteiger partial charge in [0.15, 0.2) is 5.96 Å². The van der Waals surface area contributed by atoms with E-state index in [-0.39, 0.29) is 5.54 Å². The summed E-state index contributed by atoms with van der Waals surface area (Å²) in [6.45, 7) is 13.5. The smallest absolute Gasteiger partial charge is 0.191 e. The fourth-order valence-electron chi connectivity index (χ4n) is 2.39. The third-order valence-electron chi connectivity index (χ3n) is 3.96. The molecule has 22 heavy (non-hydrogen) atoms. The number of nitrogens with zero attached hydrogens (tertiary/aromatic N) is 2. The Hall–Kier alpha value is -0.850. The minimum absolute atomic E-state index is 0.0824. The number of unbranched alkanes of at least 4 members (excludes halogenated alkanes) is 1. The van der Waals surface area contributed by atoms with Gasteiger partial charge in [0.2, 0.25) is 0 Å². The van der Waals surface area contributed by atoms with Crippen molar-refractivity contribution >= 4 is 5.96 Å². The summed E-state index contributed by atoms with van der Waals surface area (Å²) in [5.74, 6) is 0.834. The minimum Gasteiger partial charge on any atom is -0.380 e. The van der Waals surface area contributed by atoms with Crippen LogP contribution in [0.2, 0.25) is 0 Å². The quantitative estimate of drug-likeness (QED) is 0.379. The molecule has 130 valence electrons. The molecule has 0 atom stereocenters. The average Bonchev–Trinajstić information content (AvgIpc) is 2.54. The van der Waals surface area contributed by atoms with Gasteiger partial charge in [-0.05, 0) is 20.3 Å². The van der Waals surface area contributed by atoms with Gasteiger partial charge in [-0.2, -0.15) is 0 Å². The first-order chi connectivity index (χ1) is 10.6. The summed E-state index contributed by atoms with van der Waals surface area (Å²) in [7, 11) is 1.80. The summed E-state index contributed by atoms with van der Waals surface area (Å²) in [6.07, 6.45) is 2.30. The summed E-state index contributed by atoms with van der Waals surface area (Å²) >= 11 is 0. The lowest BCUT2D eigenvalue weighted by atomic mass is 10.0. The van der Waals surface area contributed by atoms with Crippen LogP contribution in [0, 0.1) is 0 Å². The molecule has 1 fully saturated rings. The lowest BCUT2D eigenvalue weighted by Gasteiger charge is -2.41. The third-order valence-corrected chi connectivity index (χ3v) is 3.96. The molecule has 0 saturated carbocycles. The van der Waals surface area contributed by atoms with Crippen LogP contribution in [0.4, 0.5) is 0 Å². The van der Waals surface area contributed by atoms with Crippen LogP contribution in [-0.2, 0) is 9.47 Å². The van der Waals surface area contributed by atoms with E-state index in [2.05, 4.69) is 41.3 Å². The van der Waals surface area contributed by atoms with Gasteiger partial charge in [0.1, 0.15) is 0 Å². The van der Waals surface area contributed by atoms with Crippen molar-refractivity contribution in [3.8, 4) is 0 Å². The molecule has 0 unspecified atom stereocenters. The Morgan fingerprint density at radius 1 is 1.23 bits per heavy atom. The molecule has 6 nitrogen and oxygen atoms in total. The van der Waals surface area contributed by atoms with E-state index >= 15 is 0 Å². The second-order valence-corrected chi connectivity index (χ2v) is 6.23. The zero-order valence-corrected chi connectivity index (χ0v) is 14.8. The first-order valence-corrected chi connectivity index (χ1v) is 8.45. The van der Waals surface area contributed by atoms with Gasteiger partial charge in [0.05, 0.1) is 19.8 Å². The fourth-order valence-corrected chi connectivity index (χ4v) is 2.39. The summed E-state index contributed by atoms with van der Waals surface area (Å²) in [6, 6.07) is 0. The predicted octanol–water partition coefficient (Wildman–Crippen LogP) is 1.08. The molecule has 1 rings (SSSR count). The van der Waals surface area contributed by atoms with Crippen LogP contribution in [0.15, 0.2) is 4.99 Å². The van der Waals surface area contributed by atoms with Crippen LogP contribution in [0.25, 0.3) is 0 Å². The Kier molecular flexibility index (Phi) is 9.43. The molecule has 1 aliphatic rings. The van der Waals surface area contributed by atoms with Gasteiger partial charge >= 0.3 is 0 Å². The highest BCUT2D eigenvalue weighted by molar-refractivity contribution is 5.79. The number of ether oxygens (including phenoxy) is 2. The van der Waals surface area contributed by atoms with Crippen LogP contribution in [-0.4, -0.2) is 76.1 Å². The molecule has 1 aliphatic heterocycles. The van der Waals surface area contributed by atoms with Gasteiger partial charge in [-0.25, -0.2) is 0 Å². The van der Waals surface area contributed by atoms with Crippen molar-refractivity contribution in [2.45, 2.75) is 39.2 Å². The largest absolute Gasteiger partial charge is 0.380 e. The van der Waals surface area contributed by atoms with Crippen LogP contribution >= 0.6 is 0 Å². The van der Waals surface area contributed by atoms with E-state index < -0.39 is 0 Å². The topological polar surface area (TPSA) is 58.1 Å². The van der Waals surface area contributed by atoms with Gasteiger partial charge in [0.25, 0.3) is 0 Å². The van der Waals surface area contributed by atoms with Crippen LogP contribution in [0.5, 0.6) is 0 Å². The second kappa shape index (κ2) is 10.8. The Bertz CT molecular complexity index is 315. The maximum absolute atomic E-state index is 5.54. The molecule has 0 bridgehead atoms. The minimum atomic E-state index is 0.0824. The number of aliphatic imine (C=N–C) groups is 1. The molecule has 0 amide bonds. The van der Waals surface area contributed by atoms with Gasteiger partial charge in [0, 0.05) is 45.4 Å². The third kappa shape index (κ3) is 7.42. The molecule has 0 aromatic rings. The van der Waals surface area contributed by atoms with Crippen LogP contribution in [0.1, 0.15) is 33.6 Å². The van der Waals surface area contributed by atoms with E-state index in [1.165, 1.54) is 6.42 Å². The van der Waals surface area contributed by atoms with E-state index in [9.17, 15) is 0 Å². The standard InChI is InChI=1S/C16H34N4O2/c1-5-6-10-21-11-7-18-15(17-4)19-14-16(2,3)20-8-12-22-13-9-20/h5-14H2,1-4H3,(H2,17,18,19). The normalized spacial score (nSPS) is 17.5. The Morgan fingerprint density at radius 3 is 2.59 bits per heavy atom. The number of guanidine groups is 1. The molecular weight excluding hydrogens is 280 g/mol. The summed E-state index contributed by atoms with van der Waals surface area (Å²) in [5.41, 5.74) is 0.0824. The number of morpholine rings is 1. The highest BCUT2D eigenvalue weighted by Crippen LogP contribution is 2.14. The number of rotatable bonds is 9. The van der Waals surface area contributed by atoms with Gasteiger partial charge in [-0.15, -0.1) is 0 Å². The molecule has 0 aromatic heterocycles. The molecule has 2 N–H and O–H groups in total. The van der Waals surface area contributed by atoms with Crippen molar-refractivity contribution in [1.82, 2.24) is 15.5 Å². The lowest BCUT2D eigenvalue weighted by Crippen LogP contribution is -2.56. The highest BCUT2D eigenvalue weighted by atomic mass is 16.5. The molecular formula is C16H34N4O2. The first kappa shape index (κ1) is 19.2. The van der Waals surface area contributed by atoms with Gasteiger partial charge < -0.3 is 20.1 Å². The van der Waals surface area contributed by atoms with Crippen molar-refractivity contribution in [2.24, 2.45) is 4.99 Å². The Balaban J connectivity index is 2.22. The molecule has 6 heteroatoms. The first-order valence-electron chi connectivity index (χ1n) is 8.45. The van der Waals surface area contributed by atoms with Gasteiger partial charge in [-0.1, -0.05) is 13.3 Å². The maximum atomic E-state index is 5.54. The second-order valence-electron chi connectivity index (χ2n) is 6.23. The predicted molar refractivity (Wildman–Crippen MR) is 91.6 cm³/mol. The van der Waals surface area contributed by atoms with Crippen molar-refractivity contribution in [1.29, 1.82) is 0 Å². The molecule has 0 aliphatic carbocycles. The molecule has 0 aromatic carbocycles. The zero-order valence-electron chi connectivity index (χ0n) is 14.8. The monoisotopic (exact) mass is 314 g/mol. The number of nitrogens with one attached hydrogen (secondary N) is 2. The molecule has 0 spiro atoms. The molecule has 0 radical (unpaired) electrons. The van der Waals surface area contributed by atoms with E-state index in [1.54, 1.807) is 7.05 Å². The Labute approximate surface area is 135 Å². The summed E-state index contributed by atoms with van der Waals surface area (Å²) in [5, 5.41) is 6.70. The van der Waals surface area contributed by atoms with Crippen molar-refractivity contribution in [2.75, 3.05) is 59.7 Å². The van der Waals surface area contributed by atoms with Crippen LogP contribution < -0.4 is 10.6 Å². The highest BCUT2D eigenvalue weighted by Gasteiger charge is 2.28. The van der Waals surface area contributed by atoms with E-state index in [1.807, 2.05) is 0 Å². The Morgan fingerprint density at radius 2 is 1.95 bits per heavy atom. The van der Waals surface area contributed by atoms with Crippen molar-refractivity contribution in [3.63, 3.8) is 0 Å². The summed E-state index contributed by atoms with van der Waals surface area (Å²) < 4.78 is 11.0. The van der Waals surface area contributed by atoms with Crippen molar-refractivity contribution < 1.29 is 9.47 Å². The number of hydrogen-bond donors (Lipinski definition) is 2. The SMILES string of the molecule is CCCCOCCNC(=NC)NCC(C)(C)N1CCOCC1. The fraction of sp³-hybridized carbons (Fsp3) is 0.938. The lowest BCUT2D eigenvalue weighted by molar-refractivity contribution is -0.00834. The van der Waals surface area contributed by atoms with Crippen molar-refractivity contribution in [3.05, 3.63) is 0 Å². The zero-order chi connectivity index (χ0) is 16.3. The molecule has 1 heterocycles. The molecule has 1 saturated heterocycles. The van der Waals surface area contributed by atoms with E-state index in [0.717, 1.165) is 58.4 Å². The average molecular weight is 314 g/mol. The van der Waals surface area contributed by atoms with Crippen LogP contribution in [0.3, 0.4) is 0 Å². The van der Waals surface area contributed by atoms with E-state index in [4.69, 9.17) is 9.47 Å². The summed E-state index contributed by atoms with van der Waals surface area (Å²) in [4.78, 5) is 6.73.